The van der Waals surface area contributed by atoms with Crippen molar-refractivity contribution < 1.29 is 14.6 Å². The van der Waals surface area contributed by atoms with E-state index in [0.29, 0.717) is 34.7 Å². The molecule has 0 bridgehead atoms. The quantitative estimate of drug-likeness (QED) is 0.570. The number of hydrogen-bond donors (Lipinski definition) is 2. The Bertz CT molecular complexity index is 855. The largest absolute Gasteiger partial charge is 0.478 e. The summed E-state index contributed by atoms with van der Waals surface area (Å²) < 4.78 is 5.79. The minimum atomic E-state index is -0.585. The average molecular weight is 448 g/mol. The number of carbonyl (C=O) groups is 1. The molecule has 1 aliphatic heterocycles. The maximum absolute atomic E-state index is 12.1. The number of piperidine rings is 1. The molecule has 2 aromatic rings. The van der Waals surface area contributed by atoms with Crippen molar-refractivity contribution in [2.75, 3.05) is 31.1 Å². The summed E-state index contributed by atoms with van der Waals surface area (Å²) in [6, 6.07) is 3.43. The molecule has 168 valence electrons. The fourth-order valence-electron chi connectivity index (χ4n) is 3.63. The predicted molar refractivity (Wildman–Crippen MR) is 120 cm³/mol. The summed E-state index contributed by atoms with van der Waals surface area (Å²) in [6.07, 6.45) is 6.97. The molecular formula is C22H30ClN5O3. The lowest BCUT2D eigenvalue weighted by atomic mass is 9.92. The Balaban J connectivity index is 1.37. The Labute approximate surface area is 188 Å². The van der Waals surface area contributed by atoms with Gasteiger partial charge in [0.05, 0.1) is 41.4 Å². The molecule has 0 aliphatic carbocycles. The summed E-state index contributed by atoms with van der Waals surface area (Å²) in [5, 5.41) is 12.5. The molecule has 3 rings (SSSR count). The van der Waals surface area contributed by atoms with Crippen molar-refractivity contribution in [3.8, 4) is 5.88 Å². The van der Waals surface area contributed by atoms with E-state index < -0.39 is 6.10 Å². The number of anilines is 1. The molecule has 0 aromatic carbocycles. The molecule has 2 aromatic heterocycles. The van der Waals surface area contributed by atoms with Crippen LogP contribution in [0.3, 0.4) is 0 Å². The van der Waals surface area contributed by atoms with Crippen molar-refractivity contribution in [3.05, 3.63) is 40.8 Å². The number of nitrogens with one attached hydrogen (secondary N) is 1. The van der Waals surface area contributed by atoms with Crippen LogP contribution in [-0.2, 0) is 0 Å². The first kappa shape index (κ1) is 23.2. The molecule has 0 radical (unpaired) electrons. The molecule has 31 heavy (non-hydrogen) atoms. The van der Waals surface area contributed by atoms with Gasteiger partial charge in [0.25, 0.3) is 5.91 Å². The van der Waals surface area contributed by atoms with Crippen LogP contribution < -0.4 is 15.0 Å². The zero-order valence-corrected chi connectivity index (χ0v) is 18.8. The van der Waals surface area contributed by atoms with Crippen LogP contribution in [0.2, 0.25) is 5.02 Å². The molecule has 0 spiro atoms. The Morgan fingerprint density at radius 3 is 2.68 bits per heavy atom. The van der Waals surface area contributed by atoms with Crippen LogP contribution in [0.25, 0.3) is 0 Å². The molecule has 1 fully saturated rings. The van der Waals surface area contributed by atoms with E-state index in [1.807, 2.05) is 0 Å². The van der Waals surface area contributed by atoms with Crippen molar-refractivity contribution >= 4 is 23.5 Å². The van der Waals surface area contributed by atoms with Gasteiger partial charge in [0.2, 0.25) is 11.8 Å². The number of aromatic nitrogens is 3. The van der Waals surface area contributed by atoms with Gasteiger partial charge in [-0.25, -0.2) is 15.0 Å². The normalized spacial score (nSPS) is 15.5. The molecule has 2 N–H and O–H groups in total. The van der Waals surface area contributed by atoms with Gasteiger partial charge in [-0.3, -0.25) is 4.79 Å². The van der Waals surface area contributed by atoms with Gasteiger partial charge in [-0.05, 0) is 51.5 Å². The highest BCUT2D eigenvalue weighted by atomic mass is 35.5. The Morgan fingerprint density at radius 2 is 2.03 bits per heavy atom. The van der Waals surface area contributed by atoms with Gasteiger partial charge in [0.15, 0.2) is 0 Å². The number of pyridine rings is 1. The van der Waals surface area contributed by atoms with E-state index >= 15 is 0 Å². The lowest BCUT2D eigenvalue weighted by Crippen LogP contribution is -2.34. The third kappa shape index (κ3) is 7.04. The summed E-state index contributed by atoms with van der Waals surface area (Å²) in [5.74, 6) is 1.70. The van der Waals surface area contributed by atoms with E-state index in [4.69, 9.17) is 16.3 Å². The number of aliphatic hydroxyl groups excluding tert-OH is 1. The number of aliphatic hydroxyl groups is 1. The van der Waals surface area contributed by atoms with E-state index in [0.717, 1.165) is 44.7 Å². The SMILES string of the molecule is Cc1nc(OCCCC2CCN(c3ncc(Cl)cn3)CC2)ccc1C(=O)NCC(C)O. The molecule has 1 amide bonds. The van der Waals surface area contributed by atoms with Gasteiger partial charge in [0, 0.05) is 25.7 Å². The van der Waals surface area contributed by atoms with Crippen LogP contribution in [0.4, 0.5) is 5.95 Å². The summed E-state index contributed by atoms with van der Waals surface area (Å²) in [5.41, 5.74) is 1.10. The van der Waals surface area contributed by atoms with E-state index in [9.17, 15) is 9.90 Å². The molecular weight excluding hydrogens is 418 g/mol. The smallest absolute Gasteiger partial charge is 0.253 e. The van der Waals surface area contributed by atoms with Crippen LogP contribution in [0.1, 0.15) is 48.7 Å². The Morgan fingerprint density at radius 1 is 1.32 bits per heavy atom. The van der Waals surface area contributed by atoms with Crippen molar-refractivity contribution in [2.45, 2.75) is 45.6 Å². The highest BCUT2D eigenvalue weighted by Gasteiger charge is 2.20. The number of nitrogens with zero attached hydrogens (tertiary/aromatic N) is 4. The van der Waals surface area contributed by atoms with Gasteiger partial charge in [-0.1, -0.05) is 11.6 Å². The Hall–Kier alpha value is -2.45. The zero-order chi connectivity index (χ0) is 22.2. The average Bonchev–Trinajstić information content (AvgIpc) is 2.76. The lowest BCUT2D eigenvalue weighted by molar-refractivity contribution is 0.0923. The van der Waals surface area contributed by atoms with E-state index in [1.165, 1.54) is 0 Å². The monoisotopic (exact) mass is 447 g/mol. The molecule has 3 heterocycles. The van der Waals surface area contributed by atoms with E-state index in [-0.39, 0.29) is 12.5 Å². The van der Waals surface area contributed by atoms with Gasteiger partial charge < -0.3 is 20.1 Å². The molecule has 9 heteroatoms. The van der Waals surface area contributed by atoms with Gasteiger partial charge in [0.1, 0.15) is 0 Å². The van der Waals surface area contributed by atoms with Crippen LogP contribution in [0.5, 0.6) is 5.88 Å². The molecule has 1 atom stereocenters. The highest BCUT2D eigenvalue weighted by molar-refractivity contribution is 6.30. The second-order valence-corrected chi connectivity index (χ2v) is 8.40. The maximum Gasteiger partial charge on any atom is 0.253 e. The van der Waals surface area contributed by atoms with Crippen LogP contribution in [-0.4, -0.2) is 58.3 Å². The van der Waals surface area contributed by atoms with Gasteiger partial charge in [-0.2, -0.15) is 0 Å². The van der Waals surface area contributed by atoms with Crippen molar-refractivity contribution in [1.29, 1.82) is 0 Å². The zero-order valence-electron chi connectivity index (χ0n) is 18.1. The fraction of sp³-hybridized carbons (Fsp3) is 0.545. The second-order valence-electron chi connectivity index (χ2n) is 7.96. The van der Waals surface area contributed by atoms with Crippen molar-refractivity contribution in [2.24, 2.45) is 5.92 Å². The minimum absolute atomic E-state index is 0.210. The van der Waals surface area contributed by atoms with E-state index in [1.54, 1.807) is 38.4 Å². The number of carbonyl (C=O) groups excluding carboxylic acids is 1. The molecule has 0 saturated carbocycles. The topological polar surface area (TPSA) is 100 Å². The minimum Gasteiger partial charge on any atom is -0.478 e. The van der Waals surface area contributed by atoms with Gasteiger partial charge in [-0.15, -0.1) is 0 Å². The summed E-state index contributed by atoms with van der Waals surface area (Å²) in [4.78, 5) is 27.3. The van der Waals surface area contributed by atoms with Crippen molar-refractivity contribution in [3.63, 3.8) is 0 Å². The van der Waals surface area contributed by atoms with Crippen molar-refractivity contribution in [1.82, 2.24) is 20.3 Å². The second kappa shape index (κ2) is 11.2. The van der Waals surface area contributed by atoms with Crippen LogP contribution >= 0.6 is 11.6 Å². The highest BCUT2D eigenvalue weighted by Crippen LogP contribution is 2.24. The first-order valence-electron chi connectivity index (χ1n) is 10.7. The lowest BCUT2D eigenvalue weighted by Gasteiger charge is -2.31. The molecule has 1 saturated heterocycles. The predicted octanol–water partition coefficient (Wildman–Crippen LogP) is 3.02. The number of rotatable bonds is 9. The number of ether oxygens (including phenoxy) is 1. The summed E-state index contributed by atoms with van der Waals surface area (Å²) in [7, 11) is 0. The van der Waals surface area contributed by atoms with E-state index in [2.05, 4.69) is 25.2 Å². The number of halogens is 1. The summed E-state index contributed by atoms with van der Waals surface area (Å²) in [6.45, 7) is 6.11. The first-order valence-corrected chi connectivity index (χ1v) is 11.1. The molecule has 1 aliphatic rings. The standard InChI is InChI=1S/C22H30ClN5O3/c1-15(29)12-24-21(30)19-5-6-20(27-16(19)2)31-11-3-4-17-7-9-28(10-8-17)22-25-13-18(23)14-26-22/h5-6,13-15,17,29H,3-4,7-12H2,1-2H3,(H,24,30). The maximum atomic E-state index is 12.1. The number of aryl methyl sites for hydroxylation is 1. The molecule has 8 nitrogen and oxygen atoms in total. The third-order valence-electron chi connectivity index (χ3n) is 5.37. The number of amides is 1. The summed E-state index contributed by atoms with van der Waals surface area (Å²) >= 11 is 5.86. The van der Waals surface area contributed by atoms with Gasteiger partial charge >= 0.3 is 0 Å². The third-order valence-corrected chi connectivity index (χ3v) is 5.57. The van der Waals surface area contributed by atoms with Crippen LogP contribution in [0, 0.1) is 12.8 Å². The number of hydrogen-bond acceptors (Lipinski definition) is 7. The fourth-order valence-corrected chi connectivity index (χ4v) is 3.73. The first-order chi connectivity index (χ1) is 14.9. The Kier molecular flexibility index (Phi) is 8.43. The molecule has 1 unspecified atom stereocenters. The van der Waals surface area contributed by atoms with Crippen LogP contribution in [0.15, 0.2) is 24.5 Å².